The summed E-state index contributed by atoms with van der Waals surface area (Å²) in [6.45, 7) is 8.00. The fourth-order valence-corrected chi connectivity index (χ4v) is 1.44. The first-order valence-electron chi connectivity index (χ1n) is 4.48. The van der Waals surface area contributed by atoms with Crippen LogP contribution < -0.4 is 5.32 Å². The molecule has 0 radical (unpaired) electrons. The van der Waals surface area contributed by atoms with Crippen molar-refractivity contribution in [2.45, 2.75) is 39.8 Å². The maximum Gasteiger partial charge on any atom is 0.152 e. The molecule has 0 aromatic carbocycles. The van der Waals surface area contributed by atoms with E-state index in [1.54, 1.807) is 0 Å². The number of hydrogen-bond acceptors (Lipinski definition) is 2. The van der Waals surface area contributed by atoms with E-state index in [1.165, 1.54) is 0 Å². The van der Waals surface area contributed by atoms with Crippen molar-refractivity contribution in [1.29, 1.82) is 0 Å². The number of carbonyl (C=O) groups excluding carboxylic acids is 1. The van der Waals surface area contributed by atoms with Gasteiger partial charge in [-0.25, -0.2) is 0 Å². The van der Waals surface area contributed by atoms with Gasteiger partial charge in [-0.3, -0.25) is 4.79 Å². The van der Waals surface area contributed by atoms with Gasteiger partial charge in [0.25, 0.3) is 0 Å². The van der Waals surface area contributed by atoms with Crippen molar-refractivity contribution >= 4 is 15.0 Å². The molecule has 12 heavy (non-hydrogen) atoms. The molecule has 0 aliphatic rings. The molecule has 0 heterocycles. The van der Waals surface area contributed by atoms with E-state index in [4.69, 9.17) is 0 Å². The third kappa shape index (κ3) is 4.18. The topological polar surface area (TPSA) is 29.1 Å². The van der Waals surface area contributed by atoms with Crippen molar-refractivity contribution < 1.29 is 4.79 Å². The van der Waals surface area contributed by atoms with Crippen LogP contribution in [0.15, 0.2) is 0 Å². The second-order valence-electron chi connectivity index (χ2n) is 3.67. The van der Waals surface area contributed by atoms with Gasteiger partial charge in [-0.1, -0.05) is 27.7 Å². The SMILES string of the molecule is CC(C)NC(CP)C(=O)C(C)C. The largest absolute Gasteiger partial charge is 0.305 e. The molecule has 0 saturated heterocycles. The molecular formula is C9H20NOP. The third-order valence-corrected chi connectivity index (χ3v) is 2.15. The molecule has 3 heteroatoms. The molecular weight excluding hydrogens is 169 g/mol. The van der Waals surface area contributed by atoms with Crippen LogP contribution in [0.2, 0.25) is 0 Å². The average molecular weight is 189 g/mol. The molecule has 2 unspecified atom stereocenters. The van der Waals surface area contributed by atoms with Crippen molar-refractivity contribution in [2.75, 3.05) is 6.16 Å². The normalized spacial score (nSPS) is 13.9. The van der Waals surface area contributed by atoms with Gasteiger partial charge in [-0.2, -0.15) is 0 Å². The van der Waals surface area contributed by atoms with Crippen molar-refractivity contribution in [1.82, 2.24) is 5.32 Å². The summed E-state index contributed by atoms with van der Waals surface area (Å²) in [7, 11) is 2.61. The number of Topliss-reactive ketones (excluding diaryl/α,β-unsaturated/α-hetero) is 1. The number of carbonyl (C=O) groups is 1. The predicted octanol–water partition coefficient (Wildman–Crippen LogP) is 1.45. The van der Waals surface area contributed by atoms with Crippen LogP contribution in [-0.2, 0) is 4.79 Å². The minimum absolute atomic E-state index is 0.00926. The van der Waals surface area contributed by atoms with Crippen LogP contribution in [0.1, 0.15) is 27.7 Å². The summed E-state index contributed by atoms with van der Waals surface area (Å²) in [5.41, 5.74) is 0. The van der Waals surface area contributed by atoms with Gasteiger partial charge in [0.15, 0.2) is 5.78 Å². The number of ketones is 1. The van der Waals surface area contributed by atoms with Crippen molar-refractivity contribution in [3.63, 3.8) is 0 Å². The molecule has 72 valence electrons. The van der Waals surface area contributed by atoms with Crippen LogP contribution in [0.25, 0.3) is 0 Å². The summed E-state index contributed by atoms with van der Waals surface area (Å²) in [5.74, 6) is 0.431. The highest BCUT2D eigenvalue weighted by Gasteiger charge is 2.19. The molecule has 0 aliphatic heterocycles. The van der Waals surface area contributed by atoms with E-state index in [1.807, 2.05) is 13.8 Å². The second kappa shape index (κ2) is 5.66. The lowest BCUT2D eigenvalue weighted by Gasteiger charge is -2.19. The quantitative estimate of drug-likeness (QED) is 0.663. The molecule has 0 saturated carbocycles. The molecule has 0 amide bonds. The standard InChI is InChI=1S/C9H20NOP/c1-6(2)9(11)8(5-12)10-7(3)4/h6-8,10H,5,12H2,1-4H3. The summed E-state index contributed by atoms with van der Waals surface area (Å²) >= 11 is 0. The number of rotatable bonds is 5. The van der Waals surface area contributed by atoms with E-state index in [-0.39, 0.29) is 12.0 Å². The first kappa shape index (κ1) is 12.1. The molecule has 1 N–H and O–H groups in total. The Labute approximate surface area is 77.7 Å². The van der Waals surface area contributed by atoms with Gasteiger partial charge < -0.3 is 5.32 Å². The number of nitrogens with one attached hydrogen (secondary N) is 1. The Bertz CT molecular complexity index is 145. The van der Waals surface area contributed by atoms with Gasteiger partial charge >= 0.3 is 0 Å². The minimum atomic E-state index is 0.00926. The second-order valence-corrected chi connectivity index (χ2v) is 4.14. The van der Waals surface area contributed by atoms with Crippen LogP contribution in [0.5, 0.6) is 0 Å². The summed E-state index contributed by atoms with van der Waals surface area (Å²) in [6, 6.07) is 0.383. The van der Waals surface area contributed by atoms with Gasteiger partial charge in [0.2, 0.25) is 0 Å². The Hall–Kier alpha value is 0.0600. The molecule has 2 atom stereocenters. The van der Waals surface area contributed by atoms with E-state index in [9.17, 15) is 4.79 Å². The summed E-state index contributed by atoms with van der Waals surface area (Å²) in [5, 5.41) is 3.24. The summed E-state index contributed by atoms with van der Waals surface area (Å²) < 4.78 is 0. The molecule has 0 fully saturated rings. The Morgan fingerprint density at radius 2 is 1.83 bits per heavy atom. The van der Waals surface area contributed by atoms with Crippen molar-refractivity contribution in [3.05, 3.63) is 0 Å². The minimum Gasteiger partial charge on any atom is -0.305 e. The fourth-order valence-electron chi connectivity index (χ4n) is 1.07. The van der Waals surface area contributed by atoms with Crippen molar-refractivity contribution in [2.24, 2.45) is 5.92 Å². The van der Waals surface area contributed by atoms with Crippen LogP contribution in [-0.4, -0.2) is 24.0 Å². The van der Waals surface area contributed by atoms with Crippen molar-refractivity contribution in [3.8, 4) is 0 Å². The molecule has 0 aliphatic carbocycles. The Kier molecular flexibility index (Phi) is 5.69. The highest BCUT2D eigenvalue weighted by molar-refractivity contribution is 7.16. The van der Waals surface area contributed by atoms with E-state index in [0.29, 0.717) is 11.8 Å². The van der Waals surface area contributed by atoms with E-state index in [0.717, 1.165) is 6.16 Å². The van der Waals surface area contributed by atoms with Gasteiger partial charge in [0.05, 0.1) is 6.04 Å². The van der Waals surface area contributed by atoms with Gasteiger partial charge in [0, 0.05) is 12.0 Å². The van der Waals surface area contributed by atoms with Crippen LogP contribution in [0.4, 0.5) is 0 Å². The maximum atomic E-state index is 11.5. The van der Waals surface area contributed by atoms with E-state index in [2.05, 4.69) is 28.4 Å². The zero-order valence-corrected chi connectivity index (χ0v) is 9.58. The monoisotopic (exact) mass is 189 g/mol. The molecule has 0 aromatic rings. The highest BCUT2D eigenvalue weighted by Crippen LogP contribution is 2.03. The van der Waals surface area contributed by atoms with Crippen LogP contribution in [0, 0.1) is 5.92 Å². The summed E-state index contributed by atoms with van der Waals surface area (Å²) in [6.07, 6.45) is 0.801. The Morgan fingerprint density at radius 1 is 1.33 bits per heavy atom. The zero-order chi connectivity index (χ0) is 9.72. The third-order valence-electron chi connectivity index (χ3n) is 1.68. The molecule has 0 rings (SSSR count). The van der Waals surface area contributed by atoms with Crippen LogP contribution in [0.3, 0.4) is 0 Å². The zero-order valence-electron chi connectivity index (χ0n) is 8.42. The van der Waals surface area contributed by atoms with E-state index >= 15 is 0 Å². The Balaban J connectivity index is 4.06. The first-order chi connectivity index (χ1) is 5.49. The molecule has 0 spiro atoms. The Morgan fingerprint density at radius 3 is 2.08 bits per heavy atom. The number of hydrogen-bond donors (Lipinski definition) is 1. The van der Waals surface area contributed by atoms with Gasteiger partial charge in [0.1, 0.15) is 0 Å². The lowest BCUT2D eigenvalue weighted by Crippen LogP contribution is -2.43. The average Bonchev–Trinajstić information content (AvgIpc) is 1.98. The van der Waals surface area contributed by atoms with E-state index < -0.39 is 0 Å². The predicted molar refractivity (Wildman–Crippen MR) is 56.5 cm³/mol. The van der Waals surface area contributed by atoms with Gasteiger partial charge in [-0.15, -0.1) is 9.24 Å². The molecule has 0 bridgehead atoms. The smallest absolute Gasteiger partial charge is 0.152 e. The lowest BCUT2D eigenvalue weighted by molar-refractivity contribution is -0.123. The fraction of sp³-hybridized carbons (Fsp3) is 0.889. The molecule has 2 nitrogen and oxygen atoms in total. The van der Waals surface area contributed by atoms with Crippen LogP contribution >= 0.6 is 9.24 Å². The highest BCUT2D eigenvalue weighted by atomic mass is 31.0. The maximum absolute atomic E-state index is 11.5. The molecule has 0 aromatic heterocycles. The lowest BCUT2D eigenvalue weighted by atomic mass is 10.0. The first-order valence-corrected chi connectivity index (χ1v) is 5.30. The van der Waals surface area contributed by atoms with Gasteiger partial charge in [-0.05, 0) is 6.16 Å². The summed E-state index contributed by atoms with van der Waals surface area (Å²) in [4.78, 5) is 11.5.